The second-order valence-corrected chi connectivity index (χ2v) is 11.0. The van der Waals surface area contributed by atoms with Crippen LogP contribution in [0, 0.1) is 5.92 Å². The number of thiazole rings is 1. The van der Waals surface area contributed by atoms with E-state index in [-0.39, 0.29) is 11.7 Å². The van der Waals surface area contributed by atoms with E-state index >= 15 is 0 Å². The van der Waals surface area contributed by atoms with Gasteiger partial charge in [0.05, 0.1) is 35.9 Å². The van der Waals surface area contributed by atoms with Crippen molar-refractivity contribution in [3.8, 4) is 22.8 Å². The number of thioether (sulfide) groups is 1. The van der Waals surface area contributed by atoms with E-state index in [4.69, 9.17) is 21.1 Å². The van der Waals surface area contributed by atoms with E-state index in [1.54, 1.807) is 13.3 Å². The number of rotatable bonds is 11. The van der Waals surface area contributed by atoms with Crippen LogP contribution in [-0.2, 0) is 4.79 Å². The number of carbonyl (C=O) groups excluding carboxylic acids is 1. The van der Waals surface area contributed by atoms with E-state index < -0.39 is 0 Å². The fourth-order valence-electron chi connectivity index (χ4n) is 2.77. The number of hydrogen-bond acceptors (Lipinski definition) is 7. The topological polar surface area (TPSA) is 72.8 Å². The molecule has 0 saturated carbocycles. The standard InChI is InChI=1S/C24H25BrClN3O3S2/c1-15(2)8-9-32-23-19(25)10-16(11-21(23)31-3)12-27-29-22(30)14-34-24-28-20(13-33-24)17-4-6-18(26)7-5-17/h4-7,10-13,15H,8-9,14H2,1-3H3,(H,29,30)/b27-12+. The summed E-state index contributed by atoms with van der Waals surface area (Å²) in [5.74, 6) is 1.80. The van der Waals surface area contributed by atoms with Crippen LogP contribution in [0.15, 0.2) is 55.7 Å². The summed E-state index contributed by atoms with van der Waals surface area (Å²) in [4.78, 5) is 16.8. The largest absolute Gasteiger partial charge is 0.493 e. The zero-order valence-electron chi connectivity index (χ0n) is 19.0. The van der Waals surface area contributed by atoms with Crippen molar-refractivity contribution in [3.05, 3.63) is 56.8 Å². The SMILES string of the molecule is COc1cc(/C=N/NC(=O)CSc2nc(-c3ccc(Cl)cc3)cs2)cc(Br)c1OCCC(C)C. The third kappa shape index (κ3) is 8.01. The van der Waals surface area contributed by atoms with Crippen molar-refractivity contribution in [2.75, 3.05) is 19.5 Å². The van der Waals surface area contributed by atoms with Gasteiger partial charge in [0.25, 0.3) is 5.91 Å². The first kappa shape index (κ1) is 26.5. The summed E-state index contributed by atoms with van der Waals surface area (Å²) < 4.78 is 12.9. The predicted octanol–water partition coefficient (Wildman–Crippen LogP) is 6.90. The van der Waals surface area contributed by atoms with Crippen molar-refractivity contribution in [2.24, 2.45) is 11.0 Å². The van der Waals surface area contributed by atoms with Gasteiger partial charge >= 0.3 is 0 Å². The van der Waals surface area contributed by atoms with Crippen molar-refractivity contribution < 1.29 is 14.3 Å². The molecule has 1 amide bonds. The number of hydrazone groups is 1. The Morgan fingerprint density at radius 1 is 1.32 bits per heavy atom. The summed E-state index contributed by atoms with van der Waals surface area (Å²) >= 11 is 12.3. The van der Waals surface area contributed by atoms with Gasteiger partial charge in [-0.1, -0.05) is 49.3 Å². The maximum absolute atomic E-state index is 12.2. The van der Waals surface area contributed by atoms with Gasteiger partial charge in [0.15, 0.2) is 15.8 Å². The van der Waals surface area contributed by atoms with Gasteiger partial charge in [-0.2, -0.15) is 5.10 Å². The lowest BCUT2D eigenvalue weighted by atomic mass is 10.1. The molecule has 1 heterocycles. The minimum absolute atomic E-state index is 0.209. The highest BCUT2D eigenvalue weighted by atomic mass is 79.9. The Morgan fingerprint density at radius 2 is 2.09 bits per heavy atom. The summed E-state index contributed by atoms with van der Waals surface area (Å²) in [6, 6.07) is 11.2. The monoisotopic (exact) mass is 581 g/mol. The average Bonchev–Trinajstić information content (AvgIpc) is 3.28. The van der Waals surface area contributed by atoms with Crippen molar-refractivity contribution >= 4 is 62.8 Å². The fourth-order valence-corrected chi connectivity index (χ4v) is 5.09. The number of hydrogen-bond donors (Lipinski definition) is 1. The normalized spacial score (nSPS) is 11.2. The molecule has 0 aliphatic heterocycles. The first-order valence-electron chi connectivity index (χ1n) is 10.5. The van der Waals surface area contributed by atoms with Crippen LogP contribution in [-0.4, -0.2) is 36.6 Å². The molecule has 1 N–H and O–H groups in total. The number of ether oxygens (including phenoxy) is 2. The van der Waals surface area contributed by atoms with E-state index in [0.29, 0.717) is 29.0 Å². The number of methoxy groups -OCH3 is 1. The molecule has 0 fully saturated rings. The van der Waals surface area contributed by atoms with Crippen LogP contribution >= 0.6 is 50.6 Å². The number of carbonyl (C=O) groups is 1. The summed E-state index contributed by atoms with van der Waals surface area (Å²) in [6.45, 7) is 4.91. The molecular formula is C24H25BrClN3O3S2. The molecule has 0 spiro atoms. The summed E-state index contributed by atoms with van der Waals surface area (Å²) in [7, 11) is 1.59. The van der Waals surface area contributed by atoms with Gasteiger partial charge in [0.2, 0.25) is 0 Å². The molecule has 2 aromatic carbocycles. The predicted molar refractivity (Wildman–Crippen MR) is 145 cm³/mol. The molecule has 0 atom stereocenters. The molecule has 0 unspecified atom stereocenters. The molecule has 0 saturated heterocycles. The van der Waals surface area contributed by atoms with Crippen LogP contribution in [0.2, 0.25) is 5.02 Å². The quantitative estimate of drug-likeness (QED) is 0.151. The van der Waals surface area contributed by atoms with Crippen LogP contribution in [0.5, 0.6) is 11.5 Å². The van der Waals surface area contributed by atoms with Crippen LogP contribution < -0.4 is 14.9 Å². The summed E-state index contributed by atoms with van der Waals surface area (Å²) in [5, 5.41) is 6.71. The van der Waals surface area contributed by atoms with Gasteiger partial charge in [-0.3, -0.25) is 4.79 Å². The third-order valence-electron chi connectivity index (χ3n) is 4.55. The van der Waals surface area contributed by atoms with E-state index in [0.717, 1.165) is 32.1 Å². The first-order chi connectivity index (χ1) is 16.4. The molecule has 3 rings (SSSR count). The second kappa shape index (κ2) is 13.1. The van der Waals surface area contributed by atoms with Crippen LogP contribution in [0.3, 0.4) is 0 Å². The third-order valence-corrected chi connectivity index (χ3v) is 7.41. The van der Waals surface area contributed by atoms with Gasteiger partial charge in [-0.05, 0) is 58.1 Å². The molecule has 0 aliphatic rings. The minimum atomic E-state index is -0.218. The van der Waals surface area contributed by atoms with Crippen LogP contribution in [0.25, 0.3) is 11.3 Å². The Balaban J connectivity index is 1.51. The Labute approximate surface area is 221 Å². The van der Waals surface area contributed by atoms with E-state index in [1.165, 1.54) is 23.1 Å². The first-order valence-corrected chi connectivity index (χ1v) is 13.6. The maximum Gasteiger partial charge on any atom is 0.250 e. The average molecular weight is 583 g/mol. The highest BCUT2D eigenvalue weighted by Crippen LogP contribution is 2.36. The Hall–Kier alpha value is -2.07. The lowest BCUT2D eigenvalue weighted by molar-refractivity contribution is -0.118. The van der Waals surface area contributed by atoms with Crippen LogP contribution in [0.4, 0.5) is 0 Å². The van der Waals surface area contributed by atoms with Gasteiger partial charge < -0.3 is 9.47 Å². The van der Waals surface area contributed by atoms with E-state index in [2.05, 4.69) is 45.3 Å². The van der Waals surface area contributed by atoms with Crippen molar-refractivity contribution in [1.29, 1.82) is 0 Å². The van der Waals surface area contributed by atoms with Gasteiger partial charge in [-0.15, -0.1) is 11.3 Å². The van der Waals surface area contributed by atoms with Gasteiger partial charge in [0.1, 0.15) is 0 Å². The van der Waals surface area contributed by atoms with E-state index in [9.17, 15) is 4.79 Å². The second-order valence-electron chi connectivity index (χ2n) is 7.65. The van der Waals surface area contributed by atoms with Crippen LogP contribution in [0.1, 0.15) is 25.8 Å². The lowest BCUT2D eigenvalue weighted by Gasteiger charge is -2.14. The fraction of sp³-hybridized carbons (Fsp3) is 0.292. The van der Waals surface area contributed by atoms with Crippen molar-refractivity contribution in [1.82, 2.24) is 10.4 Å². The minimum Gasteiger partial charge on any atom is -0.493 e. The highest BCUT2D eigenvalue weighted by molar-refractivity contribution is 9.10. The number of nitrogens with one attached hydrogen (secondary N) is 1. The molecular weight excluding hydrogens is 558 g/mol. The van der Waals surface area contributed by atoms with E-state index in [1.807, 2.05) is 41.8 Å². The highest BCUT2D eigenvalue weighted by Gasteiger charge is 2.12. The summed E-state index contributed by atoms with van der Waals surface area (Å²) in [6.07, 6.45) is 2.52. The lowest BCUT2D eigenvalue weighted by Crippen LogP contribution is -2.19. The molecule has 0 aliphatic carbocycles. The zero-order chi connectivity index (χ0) is 24.5. The molecule has 0 bridgehead atoms. The van der Waals surface area contributed by atoms with Crippen molar-refractivity contribution in [3.63, 3.8) is 0 Å². The smallest absolute Gasteiger partial charge is 0.250 e. The number of benzene rings is 2. The Kier molecular flexibility index (Phi) is 10.2. The molecule has 6 nitrogen and oxygen atoms in total. The number of nitrogens with zero attached hydrogens (tertiary/aromatic N) is 2. The molecule has 10 heteroatoms. The Bertz CT molecular complexity index is 1140. The van der Waals surface area contributed by atoms with Gasteiger partial charge in [0, 0.05) is 16.0 Å². The molecule has 0 radical (unpaired) electrons. The maximum atomic E-state index is 12.2. The number of halogens is 2. The van der Waals surface area contributed by atoms with Crippen molar-refractivity contribution in [2.45, 2.75) is 24.6 Å². The van der Waals surface area contributed by atoms with Gasteiger partial charge in [-0.25, -0.2) is 10.4 Å². The number of aromatic nitrogens is 1. The number of amides is 1. The molecule has 1 aromatic heterocycles. The zero-order valence-corrected chi connectivity index (χ0v) is 23.0. The molecule has 180 valence electrons. The molecule has 3 aromatic rings. The molecule has 34 heavy (non-hydrogen) atoms. The Morgan fingerprint density at radius 3 is 2.79 bits per heavy atom. The summed E-state index contributed by atoms with van der Waals surface area (Å²) in [5.41, 5.74) is 5.16.